The molecule has 0 N–H and O–H groups in total. The van der Waals surface area contributed by atoms with Crippen LogP contribution in [0, 0.1) is 6.92 Å². The van der Waals surface area contributed by atoms with Gasteiger partial charge < -0.3 is 14.2 Å². The van der Waals surface area contributed by atoms with Gasteiger partial charge in [-0.25, -0.2) is 0 Å². The normalized spacial score (nSPS) is 12.2. The fourth-order valence-corrected chi connectivity index (χ4v) is 1.61. The summed E-state index contributed by atoms with van der Waals surface area (Å²) in [5.41, 5.74) is 1.60. The van der Waals surface area contributed by atoms with Crippen molar-refractivity contribution in [3.8, 4) is 5.75 Å². The molecular formula is C14H20O4. The molecule has 0 heterocycles. The van der Waals surface area contributed by atoms with Crippen LogP contribution >= 0.6 is 0 Å². The molecule has 0 aliphatic rings. The van der Waals surface area contributed by atoms with Crippen molar-refractivity contribution in [1.29, 1.82) is 0 Å². The summed E-state index contributed by atoms with van der Waals surface area (Å²) in [5.74, 6) is 0.498. The molecule has 18 heavy (non-hydrogen) atoms. The van der Waals surface area contributed by atoms with Crippen molar-refractivity contribution < 1.29 is 19.0 Å². The third-order valence-electron chi connectivity index (χ3n) is 2.56. The van der Waals surface area contributed by atoms with Crippen molar-refractivity contribution in [2.45, 2.75) is 20.0 Å². The Kier molecular flexibility index (Phi) is 5.82. The maximum absolute atomic E-state index is 12.0. The van der Waals surface area contributed by atoms with E-state index in [-0.39, 0.29) is 18.5 Å². The van der Waals surface area contributed by atoms with Crippen LogP contribution in [0.1, 0.15) is 22.8 Å². The molecule has 0 fully saturated rings. The topological polar surface area (TPSA) is 44.8 Å². The van der Waals surface area contributed by atoms with E-state index in [1.165, 1.54) is 0 Å². The number of rotatable bonds is 7. The monoisotopic (exact) mass is 252 g/mol. The summed E-state index contributed by atoms with van der Waals surface area (Å²) in [5, 5.41) is 0. The maximum atomic E-state index is 12.0. The van der Waals surface area contributed by atoms with Crippen LogP contribution in [0.5, 0.6) is 5.75 Å². The average molecular weight is 252 g/mol. The maximum Gasteiger partial charge on any atom is 0.192 e. The molecule has 0 aromatic heterocycles. The first-order chi connectivity index (χ1) is 8.58. The summed E-state index contributed by atoms with van der Waals surface area (Å²) >= 11 is 0. The number of ether oxygens (including phenoxy) is 3. The van der Waals surface area contributed by atoms with Crippen LogP contribution in [0.4, 0.5) is 0 Å². The van der Waals surface area contributed by atoms with Gasteiger partial charge in [-0.2, -0.15) is 0 Å². The summed E-state index contributed by atoms with van der Waals surface area (Å²) in [6.07, 6.45) is -0.101. The molecule has 0 saturated carbocycles. The molecule has 1 atom stereocenters. The standard InChI is InChI=1S/C14H20O4/c1-10-5-6-12(14(7-10)17-4)13(15)9-18-11(2)8-16-3/h5-7,11H,8-9H2,1-4H3. The largest absolute Gasteiger partial charge is 0.496 e. The summed E-state index contributed by atoms with van der Waals surface area (Å²) in [6, 6.07) is 5.49. The minimum atomic E-state index is -0.101. The quantitative estimate of drug-likeness (QED) is 0.698. The Morgan fingerprint density at radius 3 is 2.67 bits per heavy atom. The van der Waals surface area contributed by atoms with Crippen LogP contribution in [-0.2, 0) is 9.47 Å². The second-order valence-electron chi connectivity index (χ2n) is 4.20. The van der Waals surface area contributed by atoms with E-state index in [2.05, 4.69) is 0 Å². The fourth-order valence-electron chi connectivity index (χ4n) is 1.61. The Hall–Kier alpha value is -1.39. The molecule has 1 unspecified atom stereocenters. The van der Waals surface area contributed by atoms with Crippen LogP contribution < -0.4 is 4.74 Å². The molecule has 0 bridgehead atoms. The lowest BCUT2D eigenvalue weighted by Gasteiger charge is -2.12. The van der Waals surface area contributed by atoms with Crippen LogP contribution in [0.15, 0.2) is 18.2 Å². The summed E-state index contributed by atoms with van der Waals surface area (Å²) in [4.78, 5) is 12.0. The molecule has 4 heteroatoms. The SMILES string of the molecule is COCC(C)OCC(=O)c1ccc(C)cc1OC. The number of hydrogen-bond acceptors (Lipinski definition) is 4. The lowest BCUT2D eigenvalue weighted by Crippen LogP contribution is -2.20. The van der Waals surface area contributed by atoms with E-state index < -0.39 is 0 Å². The molecule has 1 rings (SSSR count). The molecule has 0 amide bonds. The molecule has 1 aromatic rings. The van der Waals surface area contributed by atoms with Gasteiger partial charge in [0, 0.05) is 7.11 Å². The van der Waals surface area contributed by atoms with Crippen LogP contribution in [0.25, 0.3) is 0 Å². The Labute approximate surface area is 108 Å². The van der Waals surface area contributed by atoms with E-state index in [4.69, 9.17) is 14.2 Å². The molecule has 0 saturated heterocycles. The number of carbonyl (C=O) groups excluding carboxylic acids is 1. The van der Waals surface area contributed by atoms with Crippen molar-refractivity contribution in [3.63, 3.8) is 0 Å². The summed E-state index contributed by atoms with van der Waals surface area (Å²) in [7, 11) is 3.16. The Balaban J connectivity index is 2.66. The highest BCUT2D eigenvalue weighted by Crippen LogP contribution is 2.20. The summed E-state index contributed by atoms with van der Waals surface area (Å²) < 4.78 is 15.5. The number of hydrogen-bond donors (Lipinski definition) is 0. The Bertz CT molecular complexity index is 401. The molecule has 4 nitrogen and oxygen atoms in total. The van der Waals surface area contributed by atoms with Crippen molar-refractivity contribution in [2.75, 3.05) is 27.4 Å². The van der Waals surface area contributed by atoms with Gasteiger partial charge in [0.2, 0.25) is 0 Å². The molecule has 0 aliphatic carbocycles. The van der Waals surface area contributed by atoms with Crippen molar-refractivity contribution in [1.82, 2.24) is 0 Å². The molecule has 1 aromatic carbocycles. The zero-order valence-corrected chi connectivity index (χ0v) is 11.4. The Morgan fingerprint density at radius 1 is 1.33 bits per heavy atom. The molecule has 0 aliphatic heterocycles. The van der Waals surface area contributed by atoms with Gasteiger partial charge in [-0.3, -0.25) is 4.79 Å². The highest BCUT2D eigenvalue weighted by atomic mass is 16.5. The molecule has 0 radical (unpaired) electrons. The van der Waals surface area contributed by atoms with Gasteiger partial charge in [-0.15, -0.1) is 0 Å². The Morgan fingerprint density at radius 2 is 2.06 bits per heavy atom. The lowest BCUT2D eigenvalue weighted by atomic mass is 10.1. The molecule has 100 valence electrons. The molecule has 0 spiro atoms. The second-order valence-corrected chi connectivity index (χ2v) is 4.20. The fraction of sp³-hybridized carbons (Fsp3) is 0.500. The summed E-state index contributed by atoms with van der Waals surface area (Å²) in [6.45, 7) is 4.32. The van der Waals surface area contributed by atoms with Gasteiger partial charge in [0.05, 0.1) is 25.4 Å². The number of carbonyl (C=O) groups is 1. The number of methoxy groups -OCH3 is 2. The van der Waals surface area contributed by atoms with E-state index in [9.17, 15) is 4.79 Å². The predicted octanol–water partition coefficient (Wildman–Crippen LogP) is 2.24. The van der Waals surface area contributed by atoms with Crippen LogP contribution in [0.2, 0.25) is 0 Å². The van der Waals surface area contributed by atoms with Crippen molar-refractivity contribution in [3.05, 3.63) is 29.3 Å². The lowest BCUT2D eigenvalue weighted by molar-refractivity contribution is 0.0124. The highest BCUT2D eigenvalue weighted by molar-refractivity contribution is 5.99. The zero-order chi connectivity index (χ0) is 13.5. The first-order valence-corrected chi connectivity index (χ1v) is 5.86. The van der Waals surface area contributed by atoms with Crippen LogP contribution in [-0.4, -0.2) is 39.3 Å². The van der Waals surface area contributed by atoms with E-state index in [0.29, 0.717) is 17.9 Å². The molecular weight excluding hydrogens is 232 g/mol. The number of ketones is 1. The van der Waals surface area contributed by atoms with E-state index in [1.807, 2.05) is 26.0 Å². The number of Topliss-reactive ketones (excluding diaryl/α,β-unsaturated/α-hetero) is 1. The zero-order valence-electron chi connectivity index (χ0n) is 11.4. The highest BCUT2D eigenvalue weighted by Gasteiger charge is 2.13. The van der Waals surface area contributed by atoms with Crippen molar-refractivity contribution in [2.24, 2.45) is 0 Å². The van der Waals surface area contributed by atoms with Gasteiger partial charge in [-0.05, 0) is 31.5 Å². The number of aryl methyl sites for hydroxylation is 1. The predicted molar refractivity (Wildman–Crippen MR) is 69.4 cm³/mol. The smallest absolute Gasteiger partial charge is 0.192 e. The first-order valence-electron chi connectivity index (χ1n) is 5.86. The van der Waals surface area contributed by atoms with E-state index >= 15 is 0 Å². The average Bonchev–Trinajstić information content (AvgIpc) is 2.36. The van der Waals surface area contributed by atoms with Gasteiger partial charge in [0.15, 0.2) is 5.78 Å². The van der Waals surface area contributed by atoms with Crippen molar-refractivity contribution >= 4 is 5.78 Å². The first kappa shape index (κ1) is 14.7. The second kappa shape index (κ2) is 7.13. The van der Waals surface area contributed by atoms with Gasteiger partial charge in [0.25, 0.3) is 0 Å². The minimum Gasteiger partial charge on any atom is -0.496 e. The minimum absolute atomic E-state index is 0.0317. The van der Waals surface area contributed by atoms with Gasteiger partial charge in [0.1, 0.15) is 12.4 Å². The van der Waals surface area contributed by atoms with E-state index in [0.717, 1.165) is 5.56 Å². The third-order valence-corrected chi connectivity index (χ3v) is 2.56. The van der Waals surface area contributed by atoms with Crippen LogP contribution in [0.3, 0.4) is 0 Å². The van der Waals surface area contributed by atoms with Gasteiger partial charge in [-0.1, -0.05) is 6.07 Å². The van der Waals surface area contributed by atoms with E-state index in [1.54, 1.807) is 20.3 Å². The third kappa shape index (κ3) is 4.13. The van der Waals surface area contributed by atoms with Gasteiger partial charge >= 0.3 is 0 Å². The number of benzene rings is 1.